The molecule has 1 atom stereocenters. The number of ether oxygens (including phenoxy) is 1. The molecule has 0 unspecified atom stereocenters. The highest BCUT2D eigenvalue weighted by Crippen LogP contribution is 2.50. The molecule has 1 spiro atoms. The van der Waals surface area contributed by atoms with E-state index in [0.717, 1.165) is 49.5 Å². The molecule has 0 bridgehead atoms. The van der Waals surface area contributed by atoms with Crippen molar-refractivity contribution in [3.8, 4) is 5.75 Å². The summed E-state index contributed by atoms with van der Waals surface area (Å²) in [7, 11) is 1.65. The van der Waals surface area contributed by atoms with E-state index in [-0.39, 0.29) is 23.8 Å². The Balaban J connectivity index is 1.58. The van der Waals surface area contributed by atoms with Crippen LogP contribution in [0.25, 0.3) is 0 Å². The quantitative estimate of drug-likeness (QED) is 0.862. The average Bonchev–Trinajstić information content (AvgIpc) is 2.61. The first-order chi connectivity index (χ1) is 12.0. The Morgan fingerprint density at radius 1 is 1.40 bits per heavy atom. The number of likely N-dealkylation sites (tertiary alicyclic amines) is 1. The normalized spacial score (nSPS) is 21.0. The van der Waals surface area contributed by atoms with E-state index in [1.165, 1.54) is 5.56 Å². The maximum Gasteiger partial charge on any atom is 0.228 e. The predicted octanol–water partition coefficient (Wildman–Crippen LogP) is 3.85. The van der Waals surface area contributed by atoms with Crippen molar-refractivity contribution >= 4 is 17.5 Å². The Morgan fingerprint density at radius 2 is 2.08 bits per heavy atom. The fourth-order valence-electron chi connectivity index (χ4n) is 4.42. The largest absolute Gasteiger partial charge is 0.495 e. The van der Waals surface area contributed by atoms with Gasteiger partial charge in [-0.1, -0.05) is 30.7 Å². The molecule has 1 aromatic rings. The van der Waals surface area contributed by atoms with Crippen LogP contribution in [-0.2, 0) is 4.79 Å². The molecule has 1 N–H and O–H groups in total. The lowest BCUT2D eigenvalue weighted by Gasteiger charge is -2.54. The molecule has 0 aromatic heterocycles. The molecule has 4 nitrogen and oxygen atoms in total. The molecule has 138 valence electrons. The van der Waals surface area contributed by atoms with Crippen molar-refractivity contribution in [2.45, 2.75) is 44.9 Å². The molecule has 5 heteroatoms. The maximum absolute atomic E-state index is 12.3. The minimum Gasteiger partial charge on any atom is -0.495 e. The van der Waals surface area contributed by atoms with Crippen LogP contribution in [0.5, 0.6) is 5.75 Å². The van der Waals surface area contributed by atoms with Gasteiger partial charge in [-0.25, -0.2) is 0 Å². The Labute approximate surface area is 155 Å². The average molecular weight is 366 g/mol. The van der Waals surface area contributed by atoms with E-state index < -0.39 is 0 Å². The molecule has 2 aliphatic rings. The second-order valence-electron chi connectivity index (χ2n) is 7.62. The van der Waals surface area contributed by atoms with Crippen LogP contribution in [0, 0.1) is 11.3 Å². The molecule has 1 aliphatic heterocycles. The summed E-state index contributed by atoms with van der Waals surface area (Å²) >= 11 is 6.49. The van der Waals surface area contributed by atoms with Crippen LogP contribution < -0.4 is 4.74 Å². The highest BCUT2D eigenvalue weighted by Gasteiger charge is 2.47. The lowest BCUT2D eigenvalue weighted by atomic mass is 9.64. The highest BCUT2D eigenvalue weighted by molar-refractivity contribution is 6.32. The molecule has 2 fully saturated rings. The van der Waals surface area contributed by atoms with E-state index in [4.69, 9.17) is 16.3 Å². The molecule has 1 aliphatic carbocycles. The Morgan fingerprint density at radius 3 is 2.64 bits per heavy atom. The summed E-state index contributed by atoms with van der Waals surface area (Å²) in [6.07, 6.45) is 5.17. The van der Waals surface area contributed by atoms with Crippen LogP contribution in [0.4, 0.5) is 0 Å². The number of hydrogen-bond donors (Lipinski definition) is 1. The number of aliphatic hydroxyl groups excluding tert-OH is 1. The first kappa shape index (κ1) is 18.5. The third-order valence-electron chi connectivity index (χ3n) is 6.13. The van der Waals surface area contributed by atoms with E-state index >= 15 is 0 Å². The van der Waals surface area contributed by atoms with Gasteiger partial charge in [0, 0.05) is 18.5 Å². The summed E-state index contributed by atoms with van der Waals surface area (Å²) < 4.78 is 5.34. The van der Waals surface area contributed by atoms with Gasteiger partial charge in [-0.05, 0) is 49.7 Å². The van der Waals surface area contributed by atoms with Gasteiger partial charge in [0.1, 0.15) is 5.75 Å². The Kier molecular flexibility index (Phi) is 5.59. The number of rotatable bonds is 5. The van der Waals surface area contributed by atoms with Crippen molar-refractivity contribution in [3.05, 3.63) is 28.8 Å². The highest BCUT2D eigenvalue weighted by atomic mass is 35.5. The summed E-state index contributed by atoms with van der Waals surface area (Å²) in [5, 5.41) is 10.1. The third-order valence-corrected chi connectivity index (χ3v) is 6.53. The topological polar surface area (TPSA) is 49.8 Å². The standard InChI is InChI=1S/C20H28ClNO3/c1-3-14(11-23)19(24)22-12-20(13-22)9-7-15(8-10-20)16-5-4-6-17(25-2)18(16)21/h4-6,14-15,23H,3,7-13H2,1-2H3/t14-/m1/s1. The van der Waals surface area contributed by atoms with Gasteiger partial charge in [0.2, 0.25) is 5.91 Å². The van der Waals surface area contributed by atoms with E-state index in [2.05, 4.69) is 6.07 Å². The van der Waals surface area contributed by atoms with Crippen LogP contribution in [-0.4, -0.2) is 42.7 Å². The fourth-order valence-corrected chi connectivity index (χ4v) is 4.77. The zero-order chi connectivity index (χ0) is 18.0. The lowest BCUT2D eigenvalue weighted by molar-refractivity contribution is -0.151. The van der Waals surface area contributed by atoms with Crippen molar-refractivity contribution in [1.82, 2.24) is 4.90 Å². The molecule has 1 saturated heterocycles. The summed E-state index contributed by atoms with van der Waals surface area (Å²) in [4.78, 5) is 14.3. The van der Waals surface area contributed by atoms with Gasteiger partial charge >= 0.3 is 0 Å². The summed E-state index contributed by atoms with van der Waals surface area (Å²) in [5.74, 6) is 1.10. The predicted molar refractivity (Wildman–Crippen MR) is 99.1 cm³/mol. The van der Waals surface area contributed by atoms with Crippen molar-refractivity contribution in [3.63, 3.8) is 0 Å². The number of aliphatic hydroxyl groups is 1. The van der Waals surface area contributed by atoms with Gasteiger partial charge in [-0.2, -0.15) is 0 Å². The maximum atomic E-state index is 12.3. The Hall–Kier alpha value is -1.26. The zero-order valence-corrected chi connectivity index (χ0v) is 15.9. The van der Waals surface area contributed by atoms with Gasteiger partial charge in [-0.15, -0.1) is 0 Å². The lowest BCUT2D eigenvalue weighted by Crippen LogP contribution is -2.60. The second-order valence-corrected chi connectivity index (χ2v) is 8.00. The number of benzene rings is 1. The summed E-state index contributed by atoms with van der Waals surface area (Å²) in [6, 6.07) is 6.02. The van der Waals surface area contributed by atoms with E-state index in [1.807, 2.05) is 24.0 Å². The number of amides is 1. The number of nitrogens with zero attached hydrogens (tertiary/aromatic N) is 1. The van der Waals surface area contributed by atoms with Crippen LogP contribution in [0.2, 0.25) is 5.02 Å². The van der Waals surface area contributed by atoms with Crippen molar-refractivity contribution < 1.29 is 14.6 Å². The SMILES string of the molecule is CC[C@H](CO)C(=O)N1CC2(CCC(c3cccc(OC)c3Cl)CC2)C1. The second kappa shape index (κ2) is 7.55. The molecular weight excluding hydrogens is 338 g/mol. The minimum absolute atomic E-state index is 0.0464. The van der Waals surface area contributed by atoms with Gasteiger partial charge in [0.15, 0.2) is 0 Å². The molecule has 1 amide bonds. The molecule has 1 aromatic carbocycles. The van der Waals surface area contributed by atoms with Crippen molar-refractivity contribution in [2.75, 3.05) is 26.8 Å². The number of carbonyl (C=O) groups is 1. The number of methoxy groups -OCH3 is 1. The van der Waals surface area contributed by atoms with Crippen molar-refractivity contribution in [2.24, 2.45) is 11.3 Å². The third kappa shape index (κ3) is 3.52. The molecule has 0 radical (unpaired) electrons. The Bertz CT molecular complexity index is 613. The van der Waals surface area contributed by atoms with Gasteiger partial charge in [0.05, 0.1) is 24.7 Å². The van der Waals surface area contributed by atoms with Crippen LogP contribution in [0.3, 0.4) is 0 Å². The number of carbonyl (C=O) groups excluding carboxylic acids is 1. The smallest absolute Gasteiger partial charge is 0.228 e. The van der Waals surface area contributed by atoms with Gasteiger partial charge in [0.25, 0.3) is 0 Å². The van der Waals surface area contributed by atoms with E-state index in [0.29, 0.717) is 12.3 Å². The van der Waals surface area contributed by atoms with E-state index in [1.54, 1.807) is 7.11 Å². The molecule has 25 heavy (non-hydrogen) atoms. The summed E-state index contributed by atoms with van der Waals surface area (Å²) in [5.41, 5.74) is 1.47. The van der Waals surface area contributed by atoms with Crippen LogP contribution in [0.1, 0.15) is 50.5 Å². The van der Waals surface area contributed by atoms with Crippen LogP contribution in [0.15, 0.2) is 18.2 Å². The summed E-state index contributed by atoms with van der Waals surface area (Å²) in [6.45, 7) is 3.61. The molecule has 3 rings (SSSR count). The first-order valence-corrected chi connectivity index (χ1v) is 9.63. The molecular formula is C20H28ClNO3. The minimum atomic E-state index is -0.232. The monoisotopic (exact) mass is 365 g/mol. The van der Waals surface area contributed by atoms with Gasteiger partial charge < -0.3 is 14.7 Å². The fraction of sp³-hybridized carbons (Fsp3) is 0.650. The molecule has 1 saturated carbocycles. The van der Waals surface area contributed by atoms with Crippen molar-refractivity contribution in [1.29, 1.82) is 0 Å². The molecule has 1 heterocycles. The van der Waals surface area contributed by atoms with Crippen LogP contribution >= 0.6 is 11.6 Å². The first-order valence-electron chi connectivity index (χ1n) is 9.25. The van der Waals surface area contributed by atoms with Gasteiger partial charge in [-0.3, -0.25) is 4.79 Å². The number of hydrogen-bond acceptors (Lipinski definition) is 3. The van der Waals surface area contributed by atoms with E-state index in [9.17, 15) is 9.90 Å². The zero-order valence-electron chi connectivity index (χ0n) is 15.1. The number of halogens is 1.